The number of carbonyl (C=O) groups is 1. The second-order valence-electron chi connectivity index (χ2n) is 4.83. The maximum absolute atomic E-state index is 10.4. The predicted octanol–water partition coefficient (Wildman–Crippen LogP) is 1.83. The van der Waals surface area contributed by atoms with Gasteiger partial charge in [0.2, 0.25) is 0 Å². The van der Waals surface area contributed by atoms with E-state index in [1.54, 1.807) is 16.0 Å². The first-order valence-electron chi connectivity index (χ1n) is 6.72. The van der Waals surface area contributed by atoms with Crippen molar-refractivity contribution in [1.82, 2.24) is 24.4 Å². The van der Waals surface area contributed by atoms with E-state index in [1.165, 1.54) is 0 Å². The van der Waals surface area contributed by atoms with Gasteiger partial charge in [-0.2, -0.15) is 0 Å². The summed E-state index contributed by atoms with van der Waals surface area (Å²) in [5.74, 6) is -0.751. The van der Waals surface area contributed by atoms with Crippen molar-refractivity contribution in [2.45, 2.75) is 32.2 Å². The molecule has 8 heteroatoms. The highest BCUT2D eigenvalue weighted by Crippen LogP contribution is 2.12. The molecule has 0 aliphatic heterocycles. The van der Waals surface area contributed by atoms with Crippen molar-refractivity contribution in [2.24, 2.45) is 0 Å². The van der Waals surface area contributed by atoms with E-state index in [-0.39, 0.29) is 6.42 Å². The Morgan fingerprint density at radius 3 is 3.00 bits per heavy atom. The number of nitrogens with zero attached hydrogens (tertiary/aromatic N) is 5. The molecule has 0 saturated heterocycles. The Labute approximate surface area is 124 Å². The molecule has 0 aliphatic rings. The number of thiazole rings is 1. The lowest BCUT2D eigenvalue weighted by molar-refractivity contribution is -0.137. The van der Waals surface area contributed by atoms with Crippen molar-refractivity contribution in [3.63, 3.8) is 0 Å². The van der Waals surface area contributed by atoms with Crippen molar-refractivity contribution in [3.8, 4) is 0 Å². The fourth-order valence-corrected chi connectivity index (χ4v) is 2.85. The van der Waals surface area contributed by atoms with E-state index in [2.05, 4.69) is 15.3 Å². The van der Waals surface area contributed by atoms with Crippen LogP contribution in [0.5, 0.6) is 0 Å². The number of aryl methyl sites for hydroxylation is 1. The van der Waals surface area contributed by atoms with Crippen LogP contribution < -0.4 is 0 Å². The van der Waals surface area contributed by atoms with Gasteiger partial charge in [-0.05, 0) is 19.3 Å². The van der Waals surface area contributed by atoms with Crippen LogP contribution in [0.25, 0.3) is 4.96 Å². The summed E-state index contributed by atoms with van der Waals surface area (Å²) in [5.41, 5.74) is 1.84. The molecule has 0 fully saturated rings. The fourth-order valence-electron chi connectivity index (χ4n) is 2.13. The SMILES string of the molecule is O=C(O)CCCCc1cn(Cc2cn3ccsc3n2)nn1. The molecule has 3 aromatic heterocycles. The lowest BCUT2D eigenvalue weighted by atomic mass is 10.1. The van der Waals surface area contributed by atoms with E-state index >= 15 is 0 Å². The number of hydrogen-bond donors (Lipinski definition) is 1. The number of carboxylic acid groups (broad SMARTS) is 1. The molecular weight excluding hydrogens is 290 g/mol. The van der Waals surface area contributed by atoms with Gasteiger partial charge in [0.05, 0.1) is 17.9 Å². The Kier molecular flexibility index (Phi) is 3.96. The van der Waals surface area contributed by atoms with Crippen LogP contribution in [0, 0.1) is 0 Å². The number of unbranched alkanes of at least 4 members (excludes halogenated alkanes) is 1. The zero-order chi connectivity index (χ0) is 14.7. The first kappa shape index (κ1) is 13.7. The molecule has 0 bridgehead atoms. The van der Waals surface area contributed by atoms with Crippen LogP contribution in [0.15, 0.2) is 24.0 Å². The Hall–Kier alpha value is -2.22. The highest BCUT2D eigenvalue weighted by molar-refractivity contribution is 7.15. The molecule has 21 heavy (non-hydrogen) atoms. The summed E-state index contributed by atoms with van der Waals surface area (Å²) >= 11 is 1.60. The van der Waals surface area contributed by atoms with Crippen LogP contribution in [0.4, 0.5) is 0 Å². The van der Waals surface area contributed by atoms with Crippen LogP contribution >= 0.6 is 11.3 Å². The summed E-state index contributed by atoms with van der Waals surface area (Å²) in [6.07, 6.45) is 8.30. The quantitative estimate of drug-likeness (QED) is 0.673. The van der Waals surface area contributed by atoms with Crippen LogP contribution in [-0.4, -0.2) is 35.5 Å². The van der Waals surface area contributed by atoms with Crippen molar-refractivity contribution in [1.29, 1.82) is 0 Å². The Bertz CT molecular complexity index is 716. The van der Waals surface area contributed by atoms with E-state index < -0.39 is 5.97 Å². The van der Waals surface area contributed by atoms with Crippen molar-refractivity contribution < 1.29 is 9.90 Å². The van der Waals surface area contributed by atoms with Gasteiger partial charge in [-0.1, -0.05) is 5.21 Å². The standard InChI is InChI=1S/C13H15N5O2S/c19-12(20)4-2-1-3-10-8-18(16-15-10)9-11-7-17-5-6-21-13(17)14-11/h5-8H,1-4,9H2,(H,19,20). The minimum Gasteiger partial charge on any atom is -0.481 e. The molecule has 3 aromatic rings. The van der Waals surface area contributed by atoms with Crippen LogP contribution in [0.1, 0.15) is 30.7 Å². The van der Waals surface area contributed by atoms with Gasteiger partial charge < -0.3 is 5.11 Å². The van der Waals surface area contributed by atoms with Crippen molar-refractivity contribution >= 4 is 22.3 Å². The molecule has 0 aromatic carbocycles. The molecule has 7 nitrogen and oxygen atoms in total. The maximum Gasteiger partial charge on any atom is 0.303 e. The monoisotopic (exact) mass is 305 g/mol. The largest absolute Gasteiger partial charge is 0.481 e. The molecule has 0 atom stereocenters. The molecule has 1 N–H and O–H groups in total. The van der Waals surface area contributed by atoms with Gasteiger partial charge in [0.25, 0.3) is 0 Å². The first-order valence-corrected chi connectivity index (χ1v) is 7.60. The molecule has 0 unspecified atom stereocenters. The maximum atomic E-state index is 10.4. The summed E-state index contributed by atoms with van der Waals surface area (Å²) < 4.78 is 3.75. The zero-order valence-electron chi connectivity index (χ0n) is 11.3. The highest BCUT2D eigenvalue weighted by Gasteiger charge is 2.06. The molecule has 3 rings (SSSR count). The van der Waals surface area contributed by atoms with Crippen LogP contribution in [-0.2, 0) is 17.8 Å². The first-order chi connectivity index (χ1) is 10.2. The number of aromatic nitrogens is 5. The summed E-state index contributed by atoms with van der Waals surface area (Å²) in [5, 5.41) is 18.8. The fraction of sp³-hybridized carbons (Fsp3) is 0.385. The summed E-state index contributed by atoms with van der Waals surface area (Å²) in [4.78, 5) is 15.9. The Balaban J connectivity index is 1.55. The minimum atomic E-state index is -0.751. The zero-order valence-corrected chi connectivity index (χ0v) is 12.2. The van der Waals surface area contributed by atoms with Gasteiger partial charge in [0.1, 0.15) is 0 Å². The van der Waals surface area contributed by atoms with Gasteiger partial charge in [-0.25, -0.2) is 9.67 Å². The normalized spacial score (nSPS) is 11.2. The lowest BCUT2D eigenvalue weighted by Gasteiger charge is -1.95. The number of fused-ring (bicyclic) bond motifs is 1. The van der Waals surface area contributed by atoms with Gasteiger partial charge in [-0.15, -0.1) is 16.4 Å². The summed E-state index contributed by atoms with van der Waals surface area (Å²) in [7, 11) is 0. The van der Waals surface area contributed by atoms with E-state index in [0.717, 1.165) is 29.2 Å². The Morgan fingerprint density at radius 1 is 1.29 bits per heavy atom. The third kappa shape index (κ3) is 3.46. The van der Waals surface area contributed by atoms with Crippen LogP contribution in [0.2, 0.25) is 0 Å². The van der Waals surface area contributed by atoms with Gasteiger partial charge >= 0.3 is 5.97 Å². The number of aliphatic carboxylic acids is 1. The number of rotatable bonds is 7. The molecule has 3 heterocycles. The number of imidazole rings is 1. The van der Waals surface area contributed by atoms with E-state index in [9.17, 15) is 4.79 Å². The minimum absolute atomic E-state index is 0.208. The van der Waals surface area contributed by atoms with Gasteiger partial charge in [-0.3, -0.25) is 9.20 Å². The molecular formula is C13H15N5O2S. The molecule has 110 valence electrons. The number of hydrogen-bond acceptors (Lipinski definition) is 5. The highest BCUT2D eigenvalue weighted by atomic mass is 32.1. The third-order valence-corrected chi connectivity index (χ3v) is 3.90. The van der Waals surface area contributed by atoms with Gasteiger partial charge in [0, 0.05) is 30.4 Å². The van der Waals surface area contributed by atoms with Crippen LogP contribution in [0.3, 0.4) is 0 Å². The third-order valence-electron chi connectivity index (χ3n) is 3.13. The lowest BCUT2D eigenvalue weighted by Crippen LogP contribution is -2.00. The molecule has 0 saturated carbocycles. The van der Waals surface area contributed by atoms with Gasteiger partial charge in [0.15, 0.2) is 4.96 Å². The average molecular weight is 305 g/mol. The van der Waals surface area contributed by atoms with Crippen molar-refractivity contribution in [3.05, 3.63) is 35.4 Å². The number of carboxylic acids is 1. The topological polar surface area (TPSA) is 85.3 Å². The molecule has 0 radical (unpaired) electrons. The summed E-state index contributed by atoms with van der Waals surface area (Å²) in [6.45, 7) is 0.594. The second kappa shape index (κ2) is 6.04. The van der Waals surface area contributed by atoms with Crippen molar-refractivity contribution in [2.75, 3.05) is 0 Å². The molecule has 0 aliphatic carbocycles. The predicted molar refractivity (Wildman–Crippen MR) is 77.4 cm³/mol. The van der Waals surface area contributed by atoms with E-state index in [1.807, 2.05) is 28.4 Å². The molecule has 0 amide bonds. The smallest absolute Gasteiger partial charge is 0.303 e. The van der Waals surface area contributed by atoms with E-state index in [0.29, 0.717) is 13.0 Å². The van der Waals surface area contributed by atoms with E-state index in [4.69, 9.17) is 5.11 Å². The Morgan fingerprint density at radius 2 is 2.19 bits per heavy atom. The summed E-state index contributed by atoms with van der Waals surface area (Å²) in [6, 6.07) is 0. The average Bonchev–Trinajstić information content (AvgIpc) is 3.11. The molecule has 0 spiro atoms. The second-order valence-corrected chi connectivity index (χ2v) is 5.71.